The van der Waals surface area contributed by atoms with E-state index in [1.54, 1.807) is 24.3 Å². The molecule has 6 nitrogen and oxygen atoms in total. The Balaban J connectivity index is 1.57. The normalized spacial score (nSPS) is 16.7. The second-order valence-corrected chi connectivity index (χ2v) is 8.71. The Morgan fingerprint density at radius 3 is 2.40 bits per heavy atom. The molecule has 3 aromatic rings. The molecule has 0 spiro atoms. The number of piperidine rings is 1. The lowest BCUT2D eigenvalue weighted by Gasteiger charge is -2.38. The molecule has 3 N–H and O–H groups in total. The minimum Gasteiger partial charge on any atom is -0.449 e. The molecule has 2 heterocycles. The molecule has 158 valence electrons. The second-order valence-electron chi connectivity index (χ2n) is 7.43. The number of nitrogens with one attached hydrogen (secondary N) is 1. The summed E-state index contributed by atoms with van der Waals surface area (Å²) in [6.45, 7) is 1.65. The maximum Gasteiger partial charge on any atom is 0.512 e. The number of aliphatic hydroxyl groups is 1. The number of rotatable bonds is 4. The Morgan fingerprint density at radius 1 is 1.10 bits per heavy atom. The number of aromatic amines is 1. The summed E-state index contributed by atoms with van der Waals surface area (Å²) in [6, 6.07) is 10.5. The van der Waals surface area contributed by atoms with E-state index in [-0.39, 0.29) is 5.88 Å². The summed E-state index contributed by atoms with van der Waals surface area (Å²) in [5.74, 6) is 0.125. The number of ether oxygens (including phenoxy) is 1. The average Bonchev–Trinajstić information content (AvgIpc) is 3.00. The van der Waals surface area contributed by atoms with Gasteiger partial charge in [0.25, 0.3) is 0 Å². The van der Waals surface area contributed by atoms with Gasteiger partial charge in [0.2, 0.25) is 5.88 Å². The van der Waals surface area contributed by atoms with Crippen LogP contribution in [-0.4, -0.2) is 39.3 Å². The minimum absolute atomic E-state index is 0.125. The van der Waals surface area contributed by atoms with Crippen LogP contribution in [0.25, 0.3) is 10.9 Å². The topological polar surface area (TPSA) is 85.8 Å². The van der Waals surface area contributed by atoms with E-state index in [1.165, 1.54) is 0 Å². The van der Waals surface area contributed by atoms with Gasteiger partial charge in [0.1, 0.15) is 0 Å². The first-order chi connectivity index (χ1) is 14.2. The first kappa shape index (κ1) is 21.3. The average molecular weight is 470 g/mol. The highest BCUT2D eigenvalue weighted by atomic mass is 35.5. The van der Waals surface area contributed by atoms with Gasteiger partial charge in [-0.3, -0.25) is 4.90 Å². The van der Waals surface area contributed by atoms with E-state index >= 15 is 0 Å². The monoisotopic (exact) mass is 468 g/mol. The summed E-state index contributed by atoms with van der Waals surface area (Å²) in [7, 11) is 0. The fraction of sp³-hybridized carbons (Fsp3) is 0.286. The van der Waals surface area contributed by atoms with Crippen LogP contribution < -0.4 is 4.74 Å². The number of carboxylic acid groups (broad SMARTS) is 1. The maximum atomic E-state index is 11.2. The summed E-state index contributed by atoms with van der Waals surface area (Å²) in [5.41, 5.74) is 1.16. The summed E-state index contributed by atoms with van der Waals surface area (Å²) in [4.78, 5) is 16.2. The molecule has 4 rings (SSSR count). The molecule has 30 heavy (non-hydrogen) atoms. The van der Waals surface area contributed by atoms with E-state index in [4.69, 9.17) is 44.6 Å². The Bertz CT molecular complexity index is 1090. The lowest BCUT2D eigenvalue weighted by atomic mass is 9.84. The van der Waals surface area contributed by atoms with Gasteiger partial charge in [0.15, 0.2) is 0 Å². The van der Waals surface area contributed by atoms with Gasteiger partial charge < -0.3 is 19.9 Å². The van der Waals surface area contributed by atoms with E-state index in [0.717, 1.165) is 5.56 Å². The molecule has 0 unspecified atom stereocenters. The molecule has 0 amide bonds. The van der Waals surface area contributed by atoms with Gasteiger partial charge >= 0.3 is 6.16 Å². The van der Waals surface area contributed by atoms with Crippen molar-refractivity contribution in [2.24, 2.45) is 0 Å². The van der Waals surface area contributed by atoms with Gasteiger partial charge in [0.05, 0.1) is 16.1 Å². The third-order valence-electron chi connectivity index (χ3n) is 5.51. The summed E-state index contributed by atoms with van der Waals surface area (Å²) >= 11 is 18.4. The number of halogens is 3. The third kappa shape index (κ3) is 4.24. The molecular formula is C21H19Cl3N2O4. The van der Waals surface area contributed by atoms with Crippen LogP contribution in [0.5, 0.6) is 5.88 Å². The molecule has 0 atom stereocenters. The molecule has 9 heteroatoms. The zero-order chi connectivity index (χ0) is 21.5. The third-order valence-corrected chi connectivity index (χ3v) is 6.28. The number of fused-ring (bicyclic) bond motifs is 1. The smallest absolute Gasteiger partial charge is 0.449 e. The highest BCUT2D eigenvalue weighted by molar-refractivity contribution is 6.39. The molecule has 0 saturated carbocycles. The first-order valence-electron chi connectivity index (χ1n) is 9.36. The van der Waals surface area contributed by atoms with Crippen molar-refractivity contribution in [2.75, 3.05) is 13.1 Å². The van der Waals surface area contributed by atoms with Crippen molar-refractivity contribution in [3.8, 4) is 5.88 Å². The molecule has 1 fully saturated rings. The number of benzene rings is 2. The number of hydrogen-bond donors (Lipinski definition) is 3. The van der Waals surface area contributed by atoms with Gasteiger partial charge in [-0.15, -0.1) is 0 Å². The van der Waals surface area contributed by atoms with Crippen LogP contribution in [0.3, 0.4) is 0 Å². The fourth-order valence-electron chi connectivity index (χ4n) is 3.97. The molecule has 2 aromatic carbocycles. The van der Waals surface area contributed by atoms with E-state index in [9.17, 15) is 9.90 Å². The lowest BCUT2D eigenvalue weighted by molar-refractivity contribution is -0.0277. The Labute approximate surface area is 187 Å². The van der Waals surface area contributed by atoms with E-state index in [1.807, 2.05) is 12.1 Å². The molecule has 1 aliphatic heterocycles. The Morgan fingerprint density at radius 2 is 1.77 bits per heavy atom. The quantitative estimate of drug-likeness (QED) is 0.429. The SMILES string of the molecule is O=C(O)Oc1[nH]c2cc(Cl)cc(Cl)c2c1CN1CCC(O)(c2ccc(Cl)cc2)CC1. The van der Waals surface area contributed by atoms with E-state index < -0.39 is 11.8 Å². The highest BCUT2D eigenvalue weighted by Gasteiger charge is 2.34. The standard InChI is InChI=1S/C21H19Cl3N2O4/c22-13-3-1-12(2-4-13)21(29)5-7-26(8-6-21)11-15-18-16(24)9-14(23)10-17(18)25-19(15)30-20(27)28/h1-4,9-10,25,29H,5-8,11H2,(H,27,28). The zero-order valence-corrected chi connectivity index (χ0v) is 18.1. The number of hydrogen-bond acceptors (Lipinski definition) is 4. The summed E-state index contributed by atoms with van der Waals surface area (Å²) in [6.07, 6.45) is -0.349. The maximum absolute atomic E-state index is 11.2. The van der Waals surface area contributed by atoms with Crippen molar-refractivity contribution in [3.05, 3.63) is 62.6 Å². The molecular weight excluding hydrogens is 451 g/mol. The number of carbonyl (C=O) groups is 1. The largest absolute Gasteiger partial charge is 0.512 e. The van der Waals surface area contributed by atoms with Crippen molar-refractivity contribution in [3.63, 3.8) is 0 Å². The molecule has 1 saturated heterocycles. The van der Waals surface area contributed by atoms with Crippen LogP contribution in [0.2, 0.25) is 15.1 Å². The predicted octanol–water partition coefficient (Wildman–Crippen LogP) is 5.67. The van der Waals surface area contributed by atoms with Crippen molar-refractivity contribution < 1.29 is 19.7 Å². The minimum atomic E-state index is -1.42. The number of H-pyrrole nitrogens is 1. The van der Waals surface area contributed by atoms with E-state index in [0.29, 0.717) is 64.0 Å². The van der Waals surface area contributed by atoms with Gasteiger partial charge in [-0.25, -0.2) is 4.79 Å². The first-order valence-corrected chi connectivity index (χ1v) is 10.5. The number of nitrogens with zero attached hydrogens (tertiary/aromatic N) is 1. The van der Waals surface area contributed by atoms with Gasteiger partial charge in [0, 0.05) is 40.6 Å². The van der Waals surface area contributed by atoms with Gasteiger partial charge in [-0.2, -0.15) is 0 Å². The van der Waals surface area contributed by atoms with Crippen molar-refractivity contribution in [1.82, 2.24) is 9.88 Å². The Hall–Kier alpha value is -1.96. The van der Waals surface area contributed by atoms with Crippen LogP contribution in [-0.2, 0) is 12.1 Å². The van der Waals surface area contributed by atoms with Gasteiger partial charge in [-0.05, 0) is 42.7 Å². The zero-order valence-electron chi connectivity index (χ0n) is 15.8. The fourth-order valence-corrected chi connectivity index (χ4v) is 4.70. The molecule has 0 aliphatic carbocycles. The van der Waals surface area contributed by atoms with Crippen molar-refractivity contribution in [1.29, 1.82) is 0 Å². The number of aromatic nitrogens is 1. The molecule has 0 radical (unpaired) electrons. The van der Waals surface area contributed by atoms with Crippen molar-refractivity contribution >= 4 is 51.9 Å². The number of likely N-dealkylation sites (tertiary alicyclic amines) is 1. The Kier molecular flexibility index (Phi) is 5.88. The van der Waals surface area contributed by atoms with Crippen LogP contribution in [0.15, 0.2) is 36.4 Å². The second kappa shape index (κ2) is 8.29. The lowest BCUT2D eigenvalue weighted by Crippen LogP contribution is -2.42. The summed E-state index contributed by atoms with van der Waals surface area (Å²) < 4.78 is 4.96. The van der Waals surface area contributed by atoms with E-state index in [2.05, 4.69) is 9.88 Å². The highest BCUT2D eigenvalue weighted by Crippen LogP contribution is 2.39. The predicted molar refractivity (Wildman–Crippen MR) is 117 cm³/mol. The molecule has 1 aliphatic rings. The van der Waals surface area contributed by atoms with Crippen LogP contribution in [0.4, 0.5) is 4.79 Å². The van der Waals surface area contributed by atoms with Crippen molar-refractivity contribution in [2.45, 2.75) is 25.0 Å². The molecule has 0 bridgehead atoms. The van der Waals surface area contributed by atoms with Crippen LogP contribution in [0.1, 0.15) is 24.0 Å². The summed E-state index contributed by atoms with van der Waals surface area (Å²) in [5, 5.41) is 22.3. The molecule has 1 aromatic heterocycles. The van der Waals surface area contributed by atoms with Crippen LogP contribution in [0, 0.1) is 0 Å². The van der Waals surface area contributed by atoms with Gasteiger partial charge in [-0.1, -0.05) is 46.9 Å². The van der Waals surface area contributed by atoms with Crippen LogP contribution >= 0.6 is 34.8 Å².